The van der Waals surface area contributed by atoms with Crippen molar-refractivity contribution in [1.82, 2.24) is 15.1 Å². The number of nitrogens with one attached hydrogen (secondary N) is 1. The van der Waals surface area contributed by atoms with Crippen LogP contribution in [0.4, 0.5) is 13.2 Å². The standard InChI is InChI=1S/C15H15BrF3N3O/c1-10-8-13(15(17,18)19)21-22(10)7-3-6-20-14(23)11-4-2-5-12(16)9-11/h2,4-5,8-9H,3,6-7H2,1H3,(H,20,23). The number of amides is 1. The van der Waals surface area contributed by atoms with Gasteiger partial charge in [0, 0.05) is 28.8 Å². The van der Waals surface area contributed by atoms with Crippen LogP contribution in [0.5, 0.6) is 0 Å². The molecular weight excluding hydrogens is 375 g/mol. The molecule has 0 saturated carbocycles. The molecule has 0 aliphatic carbocycles. The highest BCUT2D eigenvalue weighted by Crippen LogP contribution is 2.28. The summed E-state index contributed by atoms with van der Waals surface area (Å²) in [5.41, 5.74) is 0.0674. The molecule has 0 spiro atoms. The molecule has 4 nitrogen and oxygen atoms in total. The van der Waals surface area contributed by atoms with Gasteiger partial charge in [-0.3, -0.25) is 9.48 Å². The number of hydrogen-bond donors (Lipinski definition) is 1. The lowest BCUT2D eigenvalue weighted by atomic mass is 10.2. The van der Waals surface area contributed by atoms with Gasteiger partial charge >= 0.3 is 6.18 Å². The summed E-state index contributed by atoms with van der Waals surface area (Å²) in [5.74, 6) is -0.223. The van der Waals surface area contributed by atoms with E-state index in [0.29, 0.717) is 30.8 Å². The van der Waals surface area contributed by atoms with Crippen LogP contribution in [0.25, 0.3) is 0 Å². The number of hydrogen-bond acceptors (Lipinski definition) is 2. The van der Waals surface area contributed by atoms with Crippen molar-refractivity contribution in [2.45, 2.75) is 26.1 Å². The number of aryl methyl sites for hydroxylation is 2. The molecule has 1 aromatic heterocycles. The SMILES string of the molecule is Cc1cc(C(F)(F)F)nn1CCCNC(=O)c1cccc(Br)c1. The molecule has 1 heterocycles. The van der Waals surface area contributed by atoms with Crippen molar-refractivity contribution in [3.63, 3.8) is 0 Å². The lowest BCUT2D eigenvalue weighted by molar-refractivity contribution is -0.141. The van der Waals surface area contributed by atoms with Crippen LogP contribution >= 0.6 is 15.9 Å². The van der Waals surface area contributed by atoms with Crippen molar-refractivity contribution in [1.29, 1.82) is 0 Å². The fourth-order valence-electron chi connectivity index (χ4n) is 2.04. The summed E-state index contributed by atoms with van der Waals surface area (Å²) in [7, 11) is 0. The summed E-state index contributed by atoms with van der Waals surface area (Å²) in [4.78, 5) is 11.9. The molecule has 0 bridgehead atoms. The fraction of sp³-hybridized carbons (Fsp3) is 0.333. The molecule has 0 atom stereocenters. The Morgan fingerprint density at radius 3 is 2.70 bits per heavy atom. The van der Waals surface area contributed by atoms with Crippen molar-refractivity contribution in [2.75, 3.05) is 6.54 Å². The van der Waals surface area contributed by atoms with Gasteiger partial charge in [0.15, 0.2) is 5.69 Å². The molecule has 1 amide bonds. The maximum Gasteiger partial charge on any atom is 0.435 e. The van der Waals surface area contributed by atoms with Gasteiger partial charge in [-0.05, 0) is 37.6 Å². The number of halogens is 4. The van der Waals surface area contributed by atoms with Crippen molar-refractivity contribution in [2.24, 2.45) is 0 Å². The van der Waals surface area contributed by atoms with Gasteiger partial charge in [-0.25, -0.2) is 0 Å². The number of rotatable bonds is 5. The van der Waals surface area contributed by atoms with Crippen LogP contribution in [-0.4, -0.2) is 22.2 Å². The van der Waals surface area contributed by atoms with Crippen LogP contribution in [0.2, 0.25) is 0 Å². The molecule has 0 aliphatic heterocycles. The largest absolute Gasteiger partial charge is 0.435 e. The second kappa shape index (κ2) is 7.16. The molecule has 0 radical (unpaired) electrons. The van der Waals surface area contributed by atoms with E-state index in [1.54, 1.807) is 25.1 Å². The van der Waals surface area contributed by atoms with E-state index in [4.69, 9.17) is 0 Å². The summed E-state index contributed by atoms with van der Waals surface area (Å²) < 4.78 is 39.8. The zero-order valence-corrected chi connectivity index (χ0v) is 13.9. The molecule has 2 rings (SSSR count). The fourth-order valence-corrected chi connectivity index (χ4v) is 2.44. The first-order valence-corrected chi connectivity index (χ1v) is 7.72. The second-order valence-electron chi connectivity index (χ2n) is 5.01. The van der Waals surface area contributed by atoms with E-state index < -0.39 is 11.9 Å². The molecule has 1 N–H and O–H groups in total. The zero-order chi connectivity index (χ0) is 17.0. The Hall–Kier alpha value is -1.83. The van der Waals surface area contributed by atoms with Gasteiger partial charge in [-0.15, -0.1) is 0 Å². The molecular formula is C15H15BrF3N3O. The van der Waals surface area contributed by atoms with Crippen molar-refractivity contribution in [3.8, 4) is 0 Å². The molecule has 2 aromatic rings. The Kier molecular flexibility index (Phi) is 5.46. The molecule has 0 unspecified atom stereocenters. The number of benzene rings is 1. The molecule has 0 aliphatic rings. The molecule has 0 fully saturated rings. The van der Waals surface area contributed by atoms with Gasteiger partial charge in [0.05, 0.1) is 0 Å². The van der Waals surface area contributed by atoms with E-state index in [0.717, 1.165) is 10.5 Å². The topological polar surface area (TPSA) is 46.9 Å². The third kappa shape index (κ3) is 4.82. The number of nitrogens with zero attached hydrogens (tertiary/aromatic N) is 2. The number of alkyl halides is 3. The number of aromatic nitrogens is 2. The van der Waals surface area contributed by atoms with Crippen LogP contribution in [0, 0.1) is 6.92 Å². The average Bonchev–Trinajstić information content (AvgIpc) is 2.85. The average molecular weight is 390 g/mol. The molecule has 23 heavy (non-hydrogen) atoms. The highest BCUT2D eigenvalue weighted by molar-refractivity contribution is 9.10. The highest BCUT2D eigenvalue weighted by Gasteiger charge is 2.34. The zero-order valence-electron chi connectivity index (χ0n) is 12.3. The number of carbonyl (C=O) groups excluding carboxylic acids is 1. The van der Waals surface area contributed by atoms with Gasteiger partial charge in [0.2, 0.25) is 0 Å². The smallest absolute Gasteiger partial charge is 0.352 e. The minimum atomic E-state index is -4.44. The van der Waals surface area contributed by atoms with Crippen molar-refractivity contribution < 1.29 is 18.0 Å². The van der Waals surface area contributed by atoms with Gasteiger partial charge < -0.3 is 5.32 Å². The molecule has 124 valence electrons. The van der Waals surface area contributed by atoms with E-state index >= 15 is 0 Å². The summed E-state index contributed by atoms with van der Waals surface area (Å²) in [6, 6.07) is 7.97. The van der Waals surface area contributed by atoms with Crippen LogP contribution in [0.3, 0.4) is 0 Å². The first-order valence-electron chi connectivity index (χ1n) is 6.93. The molecule has 8 heteroatoms. The minimum absolute atomic E-state index is 0.223. The Balaban J connectivity index is 1.84. The first kappa shape index (κ1) is 17.5. The lowest BCUT2D eigenvalue weighted by Crippen LogP contribution is -2.25. The van der Waals surface area contributed by atoms with E-state index in [1.807, 2.05) is 6.07 Å². The van der Waals surface area contributed by atoms with E-state index in [-0.39, 0.29) is 5.91 Å². The quantitative estimate of drug-likeness (QED) is 0.790. The Morgan fingerprint density at radius 1 is 1.35 bits per heavy atom. The van der Waals surface area contributed by atoms with Crippen LogP contribution in [0.15, 0.2) is 34.8 Å². The van der Waals surface area contributed by atoms with Crippen LogP contribution < -0.4 is 5.32 Å². The summed E-state index contributed by atoms with van der Waals surface area (Å²) in [6.45, 7) is 2.23. The van der Waals surface area contributed by atoms with Crippen molar-refractivity contribution >= 4 is 21.8 Å². The first-order chi connectivity index (χ1) is 10.8. The van der Waals surface area contributed by atoms with Crippen LogP contribution in [-0.2, 0) is 12.7 Å². The number of carbonyl (C=O) groups is 1. The van der Waals surface area contributed by atoms with Crippen molar-refractivity contribution in [3.05, 3.63) is 51.8 Å². The van der Waals surface area contributed by atoms with E-state index in [9.17, 15) is 18.0 Å². The van der Waals surface area contributed by atoms with Gasteiger partial charge in [-0.1, -0.05) is 22.0 Å². The third-order valence-corrected chi connectivity index (χ3v) is 3.68. The summed E-state index contributed by atoms with van der Waals surface area (Å²) >= 11 is 3.29. The normalized spacial score (nSPS) is 11.5. The van der Waals surface area contributed by atoms with E-state index in [2.05, 4.69) is 26.3 Å². The minimum Gasteiger partial charge on any atom is -0.352 e. The summed E-state index contributed by atoms with van der Waals surface area (Å²) in [6.07, 6.45) is -3.95. The van der Waals surface area contributed by atoms with E-state index in [1.165, 1.54) is 4.68 Å². The van der Waals surface area contributed by atoms with Crippen LogP contribution in [0.1, 0.15) is 28.2 Å². The summed E-state index contributed by atoms with van der Waals surface area (Å²) in [5, 5.41) is 6.27. The molecule has 1 aromatic carbocycles. The lowest BCUT2D eigenvalue weighted by Gasteiger charge is -2.07. The van der Waals surface area contributed by atoms with Gasteiger partial charge in [-0.2, -0.15) is 18.3 Å². The van der Waals surface area contributed by atoms with Gasteiger partial charge in [0.1, 0.15) is 0 Å². The predicted octanol–water partition coefficient (Wildman–Crippen LogP) is 3.79. The molecule has 0 saturated heterocycles. The highest BCUT2D eigenvalue weighted by atomic mass is 79.9. The Labute approximate surface area is 139 Å². The Morgan fingerprint density at radius 2 is 2.09 bits per heavy atom. The third-order valence-electron chi connectivity index (χ3n) is 3.19. The van der Waals surface area contributed by atoms with Gasteiger partial charge in [0.25, 0.3) is 5.91 Å². The maximum atomic E-state index is 12.6. The maximum absolute atomic E-state index is 12.6. The monoisotopic (exact) mass is 389 g/mol. The Bertz CT molecular complexity index is 698. The predicted molar refractivity (Wildman–Crippen MR) is 83.1 cm³/mol. The second-order valence-corrected chi connectivity index (χ2v) is 5.93.